The third kappa shape index (κ3) is 6.04. The molecule has 6 nitrogen and oxygen atoms in total. The Morgan fingerprint density at radius 1 is 1.14 bits per heavy atom. The first-order valence-corrected chi connectivity index (χ1v) is 9.11. The molecule has 0 atom stereocenters. The van der Waals surface area contributed by atoms with Crippen molar-refractivity contribution in [2.75, 3.05) is 30.7 Å². The molecule has 2 aromatic carbocycles. The van der Waals surface area contributed by atoms with E-state index >= 15 is 0 Å². The van der Waals surface area contributed by atoms with Crippen LogP contribution in [0.1, 0.15) is 29.8 Å². The number of nitrogens with zero attached hydrogens (tertiary/aromatic N) is 1. The smallest absolute Gasteiger partial charge is 0.260 e. The molecular formula is C20H25Cl2N3O3. The Hall–Kier alpha value is -2.44. The summed E-state index contributed by atoms with van der Waals surface area (Å²) >= 11 is 6.22. The molecule has 152 valence electrons. The Kier molecular flexibility index (Phi) is 9.09. The van der Waals surface area contributed by atoms with Gasteiger partial charge in [-0.05, 0) is 56.7 Å². The maximum atomic E-state index is 12.4. The third-order valence-corrected chi connectivity index (χ3v) is 4.46. The number of hydrogen-bond donors (Lipinski definition) is 2. The van der Waals surface area contributed by atoms with Gasteiger partial charge in [0, 0.05) is 30.0 Å². The highest BCUT2D eigenvalue weighted by Gasteiger charge is 2.13. The zero-order valence-electron chi connectivity index (χ0n) is 16.1. The van der Waals surface area contributed by atoms with Crippen LogP contribution in [0.15, 0.2) is 36.4 Å². The summed E-state index contributed by atoms with van der Waals surface area (Å²) in [5.74, 6) is 0.00198. The fourth-order valence-corrected chi connectivity index (χ4v) is 2.82. The first kappa shape index (κ1) is 23.6. The maximum Gasteiger partial charge on any atom is 0.260 e. The van der Waals surface area contributed by atoms with Crippen molar-refractivity contribution in [1.82, 2.24) is 4.90 Å². The van der Waals surface area contributed by atoms with E-state index in [1.807, 2.05) is 20.8 Å². The standard InChI is InChI=1S/C20H24ClN3O3.ClH/c1-4-24(5-2)19(25)12-27-18-9-8-15(11-17(18)21)23-20(26)16-10-14(22)7-6-13(16)3;/h6-11H,4-5,12,22H2,1-3H3,(H,23,26);1H. The Labute approximate surface area is 176 Å². The number of likely N-dealkylation sites (N-methyl/N-ethyl adjacent to an activating group) is 1. The predicted octanol–water partition coefficient (Wildman–Crippen LogP) is 4.15. The number of amides is 2. The summed E-state index contributed by atoms with van der Waals surface area (Å²) in [7, 11) is 0. The molecule has 0 spiro atoms. The molecule has 0 aliphatic rings. The molecule has 0 fully saturated rings. The van der Waals surface area contributed by atoms with Gasteiger partial charge < -0.3 is 20.7 Å². The molecule has 2 rings (SSSR count). The number of nitrogens with one attached hydrogen (secondary N) is 1. The number of anilines is 2. The largest absolute Gasteiger partial charge is 0.482 e. The highest BCUT2D eigenvalue weighted by Crippen LogP contribution is 2.28. The Morgan fingerprint density at radius 2 is 1.82 bits per heavy atom. The molecule has 0 aromatic heterocycles. The monoisotopic (exact) mass is 425 g/mol. The van der Waals surface area contributed by atoms with Gasteiger partial charge in [-0.25, -0.2) is 0 Å². The van der Waals surface area contributed by atoms with Crippen LogP contribution in [0, 0.1) is 6.92 Å². The van der Waals surface area contributed by atoms with E-state index < -0.39 is 0 Å². The van der Waals surface area contributed by atoms with E-state index in [1.165, 1.54) is 0 Å². The Morgan fingerprint density at radius 3 is 2.43 bits per heavy atom. The average molecular weight is 426 g/mol. The van der Waals surface area contributed by atoms with E-state index in [0.29, 0.717) is 40.8 Å². The Bertz CT molecular complexity index is 839. The van der Waals surface area contributed by atoms with E-state index in [0.717, 1.165) is 5.56 Å². The van der Waals surface area contributed by atoms with Crippen LogP contribution < -0.4 is 15.8 Å². The van der Waals surface area contributed by atoms with Crippen molar-refractivity contribution in [3.63, 3.8) is 0 Å². The van der Waals surface area contributed by atoms with Crippen molar-refractivity contribution in [2.45, 2.75) is 20.8 Å². The molecule has 0 saturated carbocycles. The van der Waals surface area contributed by atoms with Gasteiger partial charge in [0.1, 0.15) is 5.75 Å². The third-order valence-electron chi connectivity index (χ3n) is 4.16. The van der Waals surface area contributed by atoms with Gasteiger partial charge in [0.15, 0.2) is 6.61 Å². The second-order valence-electron chi connectivity index (χ2n) is 6.03. The second-order valence-corrected chi connectivity index (χ2v) is 6.44. The quantitative estimate of drug-likeness (QED) is 0.652. The van der Waals surface area contributed by atoms with Gasteiger partial charge >= 0.3 is 0 Å². The fourth-order valence-electron chi connectivity index (χ4n) is 2.59. The number of hydrogen-bond acceptors (Lipinski definition) is 4. The predicted molar refractivity (Wildman–Crippen MR) is 116 cm³/mol. The van der Waals surface area contributed by atoms with Crippen LogP contribution in [-0.4, -0.2) is 36.4 Å². The van der Waals surface area contributed by atoms with Crippen molar-refractivity contribution in [3.05, 3.63) is 52.5 Å². The van der Waals surface area contributed by atoms with Gasteiger partial charge in [-0.3, -0.25) is 9.59 Å². The molecule has 0 heterocycles. The second kappa shape index (κ2) is 10.8. The van der Waals surface area contributed by atoms with Crippen molar-refractivity contribution < 1.29 is 14.3 Å². The number of ether oxygens (including phenoxy) is 1. The molecule has 2 amide bonds. The minimum atomic E-state index is -0.277. The number of carbonyl (C=O) groups excluding carboxylic acids is 2. The van der Waals surface area contributed by atoms with E-state index in [-0.39, 0.29) is 30.8 Å². The summed E-state index contributed by atoms with van der Waals surface area (Å²) in [5.41, 5.74) is 8.11. The fraction of sp³-hybridized carbons (Fsp3) is 0.300. The number of aryl methyl sites for hydroxylation is 1. The zero-order chi connectivity index (χ0) is 20.0. The summed E-state index contributed by atoms with van der Waals surface area (Å²) in [6.07, 6.45) is 0. The first-order valence-electron chi connectivity index (χ1n) is 8.73. The minimum absolute atomic E-state index is 0. The molecule has 0 aliphatic heterocycles. The normalized spacial score (nSPS) is 10.0. The van der Waals surface area contributed by atoms with Gasteiger partial charge in [-0.15, -0.1) is 12.4 Å². The molecule has 0 saturated heterocycles. The lowest BCUT2D eigenvalue weighted by atomic mass is 10.1. The van der Waals surface area contributed by atoms with Crippen molar-refractivity contribution in [1.29, 1.82) is 0 Å². The van der Waals surface area contributed by atoms with Crippen LogP contribution in [0.25, 0.3) is 0 Å². The van der Waals surface area contributed by atoms with Crippen LogP contribution in [0.2, 0.25) is 5.02 Å². The van der Waals surface area contributed by atoms with Crippen molar-refractivity contribution >= 4 is 47.2 Å². The summed E-state index contributed by atoms with van der Waals surface area (Å²) in [5, 5.41) is 3.10. The summed E-state index contributed by atoms with van der Waals surface area (Å²) in [6.45, 7) is 6.82. The minimum Gasteiger partial charge on any atom is -0.482 e. The number of nitrogens with two attached hydrogens (primary N) is 1. The average Bonchev–Trinajstić information content (AvgIpc) is 2.64. The van der Waals surface area contributed by atoms with Crippen LogP contribution >= 0.6 is 24.0 Å². The number of benzene rings is 2. The van der Waals surface area contributed by atoms with Gasteiger partial charge in [-0.2, -0.15) is 0 Å². The number of halogens is 2. The summed E-state index contributed by atoms with van der Waals surface area (Å²) in [6, 6.07) is 10.0. The highest BCUT2D eigenvalue weighted by atomic mass is 35.5. The molecule has 3 N–H and O–H groups in total. The molecule has 0 unspecified atom stereocenters. The van der Waals surface area contributed by atoms with Gasteiger partial charge in [0.05, 0.1) is 5.02 Å². The molecule has 2 aromatic rings. The van der Waals surface area contributed by atoms with Crippen LogP contribution in [0.3, 0.4) is 0 Å². The van der Waals surface area contributed by atoms with Crippen molar-refractivity contribution in [2.24, 2.45) is 0 Å². The molecule has 8 heteroatoms. The topological polar surface area (TPSA) is 84.7 Å². The van der Waals surface area contributed by atoms with Gasteiger partial charge in [0.25, 0.3) is 11.8 Å². The van der Waals surface area contributed by atoms with Crippen LogP contribution in [-0.2, 0) is 4.79 Å². The lowest BCUT2D eigenvalue weighted by Gasteiger charge is -2.19. The van der Waals surface area contributed by atoms with E-state index in [4.69, 9.17) is 22.1 Å². The summed E-state index contributed by atoms with van der Waals surface area (Å²) < 4.78 is 5.51. The number of nitrogen functional groups attached to an aromatic ring is 1. The maximum absolute atomic E-state index is 12.4. The first-order chi connectivity index (χ1) is 12.8. The number of rotatable bonds is 7. The summed E-state index contributed by atoms with van der Waals surface area (Å²) in [4.78, 5) is 26.1. The van der Waals surface area contributed by atoms with E-state index in [2.05, 4.69) is 5.32 Å². The van der Waals surface area contributed by atoms with Crippen LogP contribution in [0.5, 0.6) is 5.75 Å². The zero-order valence-corrected chi connectivity index (χ0v) is 17.7. The van der Waals surface area contributed by atoms with E-state index in [1.54, 1.807) is 41.3 Å². The van der Waals surface area contributed by atoms with Crippen molar-refractivity contribution in [3.8, 4) is 5.75 Å². The Balaban J connectivity index is 0.00000392. The number of carbonyl (C=O) groups is 2. The molecule has 0 aliphatic carbocycles. The van der Waals surface area contributed by atoms with Gasteiger partial charge in [-0.1, -0.05) is 17.7 Å². The molecule has 28 heavy (non-hydrogen) atoms. The highest BCUT2D eigenvalue weighted by molar-refractivity contribution is 6.32. The van der Waals surface area contributed by atoms with E-state index in [9.17, 15) is 9.59 Å². The molecule has 0 bridgehead atoms. The lowest BCUT2D eigenvalue weighted by Crippen LogP contribution is -2.34. The lowest BCUT2D eigenvalue weighted by molar-refractivity contribution is -0.132. The SMILES string of the molecule is CCN(CC)C(=O)COc1ccc(NC(=O)c2cc(N)ccc2C)cc1Cl.Cl. The van der Waals surface area contributed by atoms with Gasteiger partial charge in [0.2, 0.25) is 0 Å². The molecule has 0 radical (unpaired) electrons. The van der Waals surface area contributed by atoms with Crippen LogP contribution in [0.4, 0.5) is 11.4 Å². The molecular weight excluding hydrogens is 401 g/mol.